The third kappa shape index (κ3) is 5.53. The van der Waals surface area contributed by atoms with Crippen LogP contribution in [0.3, 0.4) is 0 Å². The molecular formula is C15H23NO. The molecule has 0 aliphatic rings. The fourth-order valence-electron chi connectivity index (χ4n) is 1.75. The zero-order valence-electron chi connectivity index (χ0n) is 11.0. The topological polar surface area (TPSA) is 29.1 Å². The molecule has 0 radical (unpaired) electrons. The molecule has 0 atom stereocenters. The maximum Gasteiger partial charge on any atom is 0.224 e. The minimum Gasteiger partial charge on any atom is -0.326 e. The highest BCUT2D eigenvalue weighted by Gasteiger charge is 2.02. The number of hydrogen-bond acceptors (Lipinski definition) is 1. The van der Waals surface area contributed by atoms with Crippen molar-refractivity contribution in [1.29, 1.82) is 0 Å². The lowest BCUT2D eigenvalue weighted by Crippen LogP contribution is -2.11. The Morgan fingerprint density at radius 1 is 1.18 bits per heavy atom. The normalized spacial score (nSPS) is 10.2. The Kier molecular flexibility index (Phi) is 6.38. The monoisotopic (exact) mass is 233 g/mol. The van der Waals surface area contributed by atoms with Gasteiger partial charge in [-0.25, -0.2) is 0 Å². The minimum absolute atomic E-state index is 0.125. The van der Waals surface area contributed by atoms with Crippen molar-refractivity contribution in [2.24, 2.45) is 0 Å². The van der Waals surface area contributed by atoms with Gasteiger partial charge in [0.1, 0.15) is 0 Å². The van der Waals surface area contributed by atoms with Crippen molar-refractivity contribution < 1.29 is 4.79 Å². The molecule has 1 amide bonds. The second-order valence-corrected chi connectivity index (χ2v) is 4.46. The fourth-order valence-corrected chi connectivity index (χ4v) is 1.75. The number of unbranched alkanes of at least 4 members (excludes halogenated alkanes) is 2. The maximum absolute atomic E-state index is 11.6. The molecule has 0 aliphatic heterocycles. The van der Waals surface area contributed by atoms with E-state index in [-0.39, 0.29) is 5.91 Å². The van der Waals surface area contributed by atoms with Crippen molar-refractivity contribution in [3.05, 3.63) is 29.8 Å². The highest BCUT2D eigenvalue weighted by atomic mass is 16.1. The van der Waals surface area contributed by atoms with E-state index in [1.807, 2.05) is 12.1 Å². The van der Waals surface area contributed by atoms with E-state index in [0.717, 1.165) is 24.9 Å². The summed E-state index contributed by atoms with van der Waals surface area (Å²) in [6.07, 6.45) is 6.14. The number of carbonyl (C=O) groups is 1. The molecule has 0 unspecified atom stereocenters. The summed E-state index contributed by atoms with van der Waals surface area (Å²) in [5.41, 5.74) is 2.24. The molecule has 0 spiro atoms. The van der Waals surface area contributed by atoms with E-state index >= 15 is 0 Å². The standard InChI is InChI=1S/C15H23NO/c1-3-5-8-13-9-7-10-14(12-13)16-15(17)11-6-4-2/h7,9-10,12H,3-6,8,11H2,1-2H3,(H,16,17). The van der Waals surface area contributed by atoms with E-state index in [4.69, 9.17) is 0 Å². The zero-order valence-corrected chi connectivity index (χ0v) is 11.0. The summed E-state index contributed by atoms with van der Waals surface area (Å²) in [6, 6.07) is 8.18. The van der Waals surface area contributed by atoms with E-state index in [1.54, 1.807) is 0 Å². The molecule has 0 heterocycles. The maximum atomic E-state index is 11.6. The number of rotatable bonds is 7. The summed E-state index contributed by atoms with van der Waals surface area (Å²) < 4.78 is 0. The van der Waals surface area contributed by atoms with Gasteiger partial charge in [0.15, 0.2) is 0 Å². The molecule has 2 heteroatoms. The highest BCUT2D eigenvalue weighted by Crippen LogP contribution is 2.13. The average molecular weight is 233 g/mol. The first-order valence-corrected chi connectivity index (χ1v) is 6.65. The first kappa shape index (κ1) is 13.8. The van der Waals surface area contributed by atoms with Gasteiger partial charge in [-0.15, -0.1) is 0 Å². The SMILES string of the molecule is CCCCC(=O)Nc1cccc(CCCC)c1. The molecule has 2 nitrogen and oxygen atoms in total. The van der Waals surface area contributed by atoms with Gasteiger partial charge in [-0.2, -0.15) is 0 Å². The van der Waals surface area contributed by atoms with Crippen LogP contribution in [0.1, 0.15) is 51.5 Å². The van der Waals surface area contributed by atoms with Crippen molar-refractivity contribution in [3.63, 3.8) is 0 Å². The van der Waals surface area contributed by atoms with Gasteiger partial charge in [-0.05, 0) is 37.0 Å². The van der Waals surface area contributed by atoms with Crippen LogP contribution in [0.15, 0.2) is 24.3 Å². The molecular weight excluding hydrogens is 210 g/mol. The van der Waals surface area contributed by atoms with Crippen LogP contribution in [0.4, 0.5) is 5.69 Å². The number of benzene rings is 1. The van der Waals surface area contributed by atoms with E-state index < -0.39 is 0 Å². The van der Waals surface area contributed by atoms with E-state index in [9.17, 15) is 4.79 Å². The zero-order chi connectivity index (χ0) is 12.5. The predicted octanol–water partition coefficient (Wildman–Crippen LogP) is 4.16. The largest absolute Gasteiger partial charge is 0.326 e. The van der Waals surface area contributed by atoms with Crippen molar-refractivity contribution in [1.82, 2.24) is 0 Å². The number of hydrogen-bond donors (Lipinski definition) is 1. The Morgan fingerprint density at radius 3 is 2.65 bits per heavy atom. The number of anilines is 1. The number of nitrogens with one attached hydrogen (secondary N) is 1. The molecule has 94 valence electrons. The van der Waals surface area contributed by atoms with Gasteiger partial charge in [0.25, 0.3) is 0 Å². The van der Waals surface area contributed by atoms with Gasteiger partial charge >= 0.3 is 0 Å². The third-order valence-corrected chi connectivity index (χ3v) is 2.79. The fraction of sp³-hybridized carbons (Fsp3) is 0.533. The van der Waals surface area contributed by atoms with E-state index in [0.29, 0.717) is 6.42 Å². The van der Waals surface area contributed by atoms with Crippen molar-refractivity contribution in [2.45, 2.75) is 52.4 Å². The lowest BCUT2D eigenvalue weighted by Gasteiger charge is -2.07. The van der Waals surface area contributed by atoms with E-state index in [2.05, 4.69) is 31.3 Å². The molecule has 1 N–H and O–H groups in total. The van der Waals surface area contributed by atoms with Gasteiger partial charge in [0, 0.05) is 12.1 Å². The van der Waals surface area contributed by atoms with Crippen LogP contribution in [0.25, 0.3) is 0 Å². The van der Waals surface area contributed by atoms with Crippen molar-refractivity contribution in [3.8, 4) is 0 Å². The smallest absolute Gasteiger partial charge is 0.224 e. The lowest BCUT2D eigenvalue weighted by molar-refractivity contribution is -0.116. The molecule has 17 heavy (non-hydrogen) atoms. The van der Waals surface area contributed by atoms with Crippen LogP contribution in [0, 0.1) is 0 Å². The molecule has 0 aliphatic carbocycles. The molecule has 0 bridgehead atoms. The molecule has 1 rings (SSSR count). The van der Waals surface area contributed by atoms with Gasteiger partial charge in [0.2, 0.25) is 5.91 Å². The highest BCUT2D eigenvalue weighted by molar-refractivity contribution is 5.90. The summed E-state index contributed by atoms with van der Waals surface area (Å²) in [6.45, 7) is 4.29. The van der Waals surface area contributed by atoms with Crippen LogP contribution >= 0.6 is 0 Å². The molecule has 0 saturated heterocycles. The summed E-state index contributed by atoms with van der Waals surface area (Å²) in [5.74, 6) is 0.125. The van der Waals surface area contributed by atoms with Crippen LogP contribution in [0.5, 0.6) is 0 Å². The second-order valence-electron chi connectivity index (χ2n) is 4.46. The molecule has 1 aromatic carbocycles. The van der Waals surface area contributed by atoms with Crippen LogP contribution in [-0.2, 0) is 11.2 Å². The first-order valence-electron chi connectivity index (χ1n) is 6.65. The molecule has 1 aromatic rings. The second kappa shape index (κ2) is 7.88. The molecule has 0 saturated carbocycles. The predicted molar refractivity (Wildman–Crippen MR) is 73.2 cm³/mol. The van der Waals surface area contributed by atoms with Crippen LogP contribution < -0.4 is 5.32 Å². The number of aryl methyl sites for hydroxylation is 1. The first-order chi connectivity index (χ1) is 8.26. The van der Waals surface area contributed by atoms with Crippen molar-refractivity contribution in [2.75, 3.05) is 5.32 Å². The van der Waals surface area contributed by atoms with Crippen LogP contribution in [0.2, 0.25) is 0 Å². The Morgan fingerprint density at radius 2 is 1.94 bits per heavy atom. The number of amides is 1. The third-order valence-electron chi connectivity index (χ3n) is 2.79. The quantitative estimate of drug-likeness (QED) is 0.752. The Balaban J connectivity index is 2.50. The van der Waals surface area contributed by atoms with Crippen LogP contribution in [-0.4, -0.2) is 5.91 Å². The average Bonchev–Trinajstić information content (AvgIpc) is 2.34. The Hall–Kier alpha value is -1.31. The van der Waals surface area contributed by atoms with Crippen molar-refractivity contribution >= 4 is 11.6 Å². The lowest BCUT2D eigenvalue weighted by atomic mass is 10.1. The van der Waals surface area contributed by atoms with Gasteiger partial charge < -0.3 is 5.32 Å². The summed E-state index contributed by atoms with van der Waals surface area (Å²) in [4.78, 5) is 11.6. The molecule has 0 aromatic heterocycles. The Labute approximate surface area is 104 Å². The van der Waals surface area contributed by atoms with Gasteiger partial charge in [-0.3, -0.25) is 4.79 Å². The van der Waals surface area contributed by atoms with Gasteiger partial charge in [-0.1, -0.05) is 38.8 Å². The van der Waals surface area contributed by atoms with E-state index in [1.165, 1.54) is 18.4 Å². The Bertz CT molecular complexity index is 347. The van der Waals surface area contributed by atoms with Gasteiger partial charge in [0.05, 0.1) is 0 Å². The number of carbonyl (C=O) groups excluding carboxylic acids is 1. The molecule has 0 fully saturated rings. The summed E-state index contributed by atoms with van der Waals surface area (Å²) in [5, 5.41) is 2.95. The minimum atomic E-state index is 0.125. The summed E-state index contributed by atoms with van der Waals surface area (Å²) in [7, 11) is 0. The summed E-state index contributed by atoms with van der Waals surface area (Å²) >= 11 is 0.